The topological polar surface area (TPSA) is 68.5 Å². The van der Waals surface area contributed by atoms with Crippen LogP contribution in [0, 0.1) is 6.92 Å². The van der Waals surface area contributed by atoms with Gasteiger partial charge in [-0.2, -0.15) is 0 Å². The molecule has 0 spiro atoms. The van der Waals surface area contributed by atoms with Gasteiger partial charge in [0, 0.05) is 19.1 Å². The number of carbonyl (C=O) groups is 1. The molecule has 0 bridgehead atoms. The molecule has 1 saturated heterocycles. The lowest BCUT2D eigenvalue weighted by molar-refractivity contribution is 0.0531. The van der Waals surface area contributed by atoms with Gasteiger partial charge in [-0.3, -0.25) is 0 Å². The fraction of sp³-hybridized carbons (Fsp3) is 0.667. The minimum absolute atomic E-state index is 0. The van der Waals surface area contributed by atoms with Gasteiger partial charge in [0.25, 0.3) is 0 Å². The highest BCUT2D eigenvalue weighted by molar-refractivity contribution is 7.17. The third-order valence-corrected chi connectivity index (χ3v) is 4.25. The molecule has 2 heterocycles. The molecule has 19 heavy (non-hydrogen) atoms. The van der Waals surface area contributed by atoms with Crippen LogP contribution in [0.1, 0.15) is 35.1 Å². The zero-order valence-electron chi connectivity index (χ0n) is 11.2. The number of anilines is 1. The van der Waals surface area contributed by atoms with Crippen LogP contribution in [-0.2, 0) is 4.74 Å². The van der Waals surface area contributed by atoms with Crippen LogP contribution in [0.2, 0.25) is 0 Å². The van der Waals surface area contributed by atoms with Gasteiger partial charge in [0.15, 0.2) is 5.13 Å². The number of thiazole rings is 1. The van der Waals surface area contributed by atoms with Gasteiger partial charge in [-0.05, 0) is 26.7 Å². The largest absolute Gasteiger partial charge is 0.462 e. The van der Waals surface area contributed by atoms with Crippen LogP contribution in [0.15, 0.2) is 0 Å². The Morgan fingerprint density at radius 2 is 2.16 bits per heavy atom. The number of aryl methyl sites for hydroxylation is 1. The number of hydrogen-bond donors (Lipinski definition) is 1. The van der Waals surface area contributed by atoms with Crippen molar-refractivity contribution < 1.29 is 9.53 Å². The van der Waals surface area contributed by atoms with Gasteiger partial charge in [0.2, 0.25) is 0 Å². The number of aromatic nitrogens is 1. The average molecular weight is 306 g/mol. The van der Waals surface area contributed by atoms with Crippen molar-refractivity contribution in [3.8, 4) is 0 Å². The van der Waals surface area contributed by atoms with Crippen LogP contribution in [0.3, 0.4) is 0 Å². The van der Waals surface area contributed by atoms with Crippen molar-refractivity contribution in [3.63, 3.8) is 0 Å². The van der Waals surface area contributed by atoms with Crippen molar-refractivity contribution in [2.24, 2.45) is 5.73 Å². The van der Waals surface area contributed by atoms with E-state index in [0.717, 1.165) is 36.8 Å². The summed E-state index contributed by atoms with van der Waals surface area (Å²) in [5.41, 5.74) is 6.63. The van der Waals surface area contributed by atoms with Gasteiger partial charge in [-0.1, -0.05) is 11.3 Å². The van der Waals surface area contributed by atoms with Crippen LogP contribution < -0.4 is 10.6 Å². The number of nitrogens with two attached hydrogens (primary N) is 1. The summed E-state index contributed by atoms with van der Waals surface area (Å²) in [5.74, 6) is -0.271. The maximum Gasteiger partial charge on any atom is 0.350 e. The zero-order valence-corrected chi connectivity index (χ0v) is 12.9. The first kappa shape index (κ1) is 16.2. The molecular formula is C12H20ClN3O2S. The predicted molar refractivity (Wildman–Crippen MR) is 79.5 cm³/mol. The summed E-state index contributed by atoms with van der Waals surface area (Å²) in [4.78, 5) is 19.0. The van der Waals surface area contributed by atoms with Crippen LogP contribution in [0.4, 0.5) is 5.13 Å². The van der Waals surface area contributed by atoms with E-state index in [-0.39, 0.29) is 18.4 Å². The first-order chi connectivity index (χ1) is 8.61. The Kier molecular flexibility index (Phi) is 6.03. The van der Waals surface area contributed by atoms with E-state index in [9.17, 15) is 4.79 Å². The minimum Gasteiger partial charge on any atom is -0.462 e. The fourth-order valence-corrected chi connectivity index (χ4v) is 3.01. The molecule has 1 aromatic rings. The van der Waals surface area contributed by atoms with E-state index >= 15 is 0 Å². The normalized spacial score (nSPS) is 16.1. The van der Waals surface area contributed by atoms with Gasteiger partial charge in [0.05, 0.1) is 12.3 Å². The summed E-state index contributed by atoms with van der Waals surface area (Å²) < 4.78 is 5.02. The van der Waals surface area contributed by atoms with Crippen molar-refractivity contribution in [1.82, 2.24) is 4.98 Å². The van der Waals surface area contributed by atoms with Gasteiger partial charge in [0.1, 0.15) is 4.88 Å². The molecule has 1 aliphatic heterocycles. The first-order valence-corrected chi connectivity index (χ1v) is 7.08. The molecule has 1 aromatic heterocycles. The molecule has 0 aliphatic carbocycles. The molecule has 0 atom stereocenters. The van der Waals surface area contributed by atoms with E-state index in [1.807, 2.05) is 6.92 Å². The number of carbonyl (C=O) groups excluding carboxylic acids is 1. The maximum atomic E-state index is 11.7. The van der Waals surface area contributed by atoms with Crippen molar-refractivity contribution in [1.29, 1.82) is 0 Å². The number of piperidine rings is 1. The molecular weight excluding hydrogens is 286 g/mol. The predicted octanol–water partition coefficient (Wildman–Crippen LogP) is 1.98. The molecule has 5 nitrogen and oxygen atoms in total. The molecule has 7 heteroatoms. The van der Waals surface area contributed by atoms with E-state index in [1.54, 1.807) is 6.92 Å². The molecule has 2 N–H and O–H groups in total. The zero-order chi connectivity index (χ0) is 13.1. The number of hydrogen-bond acceptors (Lipinski definition) is 6. The van der Waals surface area contributed by atoms with Crippen molar-refractivity contribution in [2.45, 2.75) is 32.7 Å². The van der Waals surface area contributed by atoms with Crippen LogP contribution in [0.5, 0.6) is 0 Å². The molecule has 2 rings (SSSR count). The smallest absolute Gasteiger partial charge is 0.350 e. The number of esters is 1. The number of ether oxygens (including phenoxy) is 1. The Hall–Kier alpha value is -0.850. The van der Waals surface area contributed by atoms with Crippen LogP contribution in [0.25, 0.3) is 0 Å². The van der Waals surface area contributed by atoms with Crippen molar-refractivity contribution >= 4 is 34.8 Å². The summed E-state index contributed by atoms with van der Waals surface area (Å²) in [5, 5.41) is 0.905. The van der Waals surface area contributed by atoms with Gasteiger partial charge in [-0.25, -0.2) is 9.78 Å². The average Bonchev–Trinajstić information content (AvgIpc) is 2.72. The summed E-state index contributed by atoms with van der Waals surface area (Å²) in [6, 6.07) is 0.298. The Morgan fingerprint density at radius 3 is 2.74 bits per heavy atom. The molecule has 0 radical (unpaired) electrons. The van der Waals surface area contributed by atoms with Gasteiger partial charge >= 0.3 is 5.97 Å². The lowest BCUT2D eigenvalue weighted by Gasteiger charge is -2.29. The molecule has 1 fully saturated rings. The third kappa shape index (κ3) is 3.81. The lowest BCUT2D eigenvalue weighted by atomic mass is 10.1. The second-order valence-corrected chi connectivity index (χ2v) is 5.43. The van der Waals surface area contributed by atoms with Gasteiger partial charge < -0.3 is 15.4 Å². The third-order valence-electron chi connectivity index (χ3n) is 3.06. The molecule has 1 aliphatic rings. The van der Waals surface area contributed by atoms with E-state index in [1.165, 1.54) is 11.3 Å². The van der Waals surface area contributed by atoms with E-state index in [4.69, 9.17) is 10.5 Å². The van der Waals surface area contributed by atoms with Crippen molar-refractivity contribution in [2.75, 3.05) is 24.6 Å². The molecule has 0 aromatic carbocycles. The van der Waals surface area contributed by atoms with E-state index in [2.05, 4.69) is 9.88 Å². The standard InChI is InChI=1S/C12H19N3O2S.ClH/c1-3-17-11(16)10-8(2)14-12(18-10)15-6-4-9(13)5-7-15;/h9H,3-7,13H2,1-2H3;1H. The summed E-state index contributed by atoms with van der Waals surface area (Å²) in [7, 11) is 0. The lowest BCUT2D eigenvalue weighted by Crippen LogP contribution is -2.39. The Balaban J connectivity index is 0.00000180. The fourth-order valence-electron chi connectivity index (χ4n) is 1.99. The van der Waals surface area contributed by atoms with Crippen LogP contribution >= 0.6 is 23.7 Å². The minimum atomic E-state index is -0.271. The molecule has 0 saturated carbocycles. The quantitative estimate of drug-likeness (QED) is 0.865. The SMILES string of the molecule is CCOC(=O)c1sc(N2CCC(N)CC2)nc1C.Cl. The van der Waals surface area contributed by atoms with E-state index < -0.39 is 0 Å². The Labute approximate surface area is 123 Å². The second kappa shape index (κ2) is 7.07. The summed E-state index contributed by atoms with van der Waals surface area (Å²) in [6.07, 6.45) is 1.96. The van der Waals surface area contributed by atoms with Crippen molar-refractivity contribution in [3.05, 3.63) is 10.6 Å². The van der Waals surface area contributed by atoms with E-state index in [0.29, 0.717) is 17.5 Å². The maximum absolute atomic E-state index is 11.7. The molecule has 0 unspecified atom stereocenters. The number of halogens is 1. The second-order valence-electron chi connectivity index (χ2n) is 4.46. The highest BCUT2D eigenvalue weighted by Gasteiger charge is 2.22. The summed E-state index contributed by atoms with van der Waals surface area (Å²) in [6.45, 7) is 5.87. The molecule has 0 amide bonds. The Morgan fingerprint density at radius 1 is 1.53 bits per heavy atom. The highest BCUT2D eigenvalue weighted by Crippen LogP contribution is 2.28. The Bertz CT molecular complexity index is 431. The molecule has 108 valence electrons. The summed E-state index contributed by atoms with van der Waals surface area (Å²) >= 11 is 1.41. The monoisotopic (exact) mass is 305 g/mol. The number of rotatable bonds is 3. The van der Waals surface area contributed by atoms with Gasteiger partial charge in [-0.15, -0.1) is 12.4 Å². The van der Waals surface area contributed by atoms with Crippen LogP contribution in [-0.4, -0.2) is 36.7 Å². The number of nitrogens with zero attached hydrogens (tertiary/aromatic N) is 2. The first-order valence-electron chi connectivity index (χ1n) is 6.27. The highest BCUT2D eigenvalue weighted by atomic mass is 35.5.